The Morgan fingerprint density at radius 1 is 0.586 bits per heavy atom. The molecule has 0 radical (unpaired) electrons. The average molecular weight is 1230 g/mol. The number of hydrogen-bond acceptors (Lipinski definition) is 9. The van der Waals surface area contributed by atoms with Gasteiger partial charge >= 0.3 is 24.3 Å². The molecule has 0 spiro atoms. The molecule has 1 fully saturated rings. The van der Waals surface area contributed by atoms with E-state index in [9.17, 15) is 24.0 Å². The van der Waals surface area contributed by atoms with Crippen LogP contribution in [0.5, 0.6) is 0 Å². The quantitative estimate of drug-likeness (QED) is 0.0271. The van der Waals surface area contributed by atoms with Crippen molar-refractivity contribution in [3.05, 3.63) is 21.6 Å². The molecule has 1 aromatic rings. The van der Waals surface area contributed by atoms with Gasteiger partial charge < -0.3 is 35.5 Å². The molecule has 2 rings (SSSR count). The molecule has 0 aliphatic heterocycles. The summed E-state index contributed by atoms with van der Waals surface area (Å²) in [6.45, 7) is 25.6. The number of alkyl carbamates (subject to hydrolysis) is 3. The molecule has 1 aliphatic carbocycles. The average Bonchev–Trinajstić information content (AvgIpc) is 1.68. The number of carbonyl (C=O) groups is 4. The standard InChI is InChI=1S/C72H135N7O8/c1-12-17-21-25-29-31-35-39-45-59(43-37-33-27-23-19-14-3)54-86-68(83)76-61(42-16-5)51-70(7,8)48-41-49-73-67(82)85-50-47-63-58(6)75-65(78-64(63)80)79-66(81)74-57-72(11)53-62(52-71(9,10)56-72)77-69(84)87-55-60(44-38-34-28-24-20-15-4)46-40-36-32-30-26-22-18-13-2/h59-62H,12-57H2,1-11H3,(H,73,82)(H,76,83)(H,77,84)(H3,74,75,78,79,80,81). The van der Waals surface area contributed by atoms with Gasteiger partial charge in [-0.3, -0.25) is 15.1 Å². The summed E-state index contributed by atoms with van der Waals surface area (Å²) in [5.74, 6) is 0.819. The Bertz CT molecular complexity index is 2010. The minimum absolute atomic E-state index is 0.000392. The van der Waals surface area contributed by atoms with E-state index in [-0.39, 0.29) is 59.5 Å². The van der Waals surface area contributed by atoms with Crippen LogP contribution in [0.3, 0.4) is 0 Å². The van der Waals surface area contributed by atoms with Gasteiger partial charge in [-0.05, 0) is 106 Å². The third kappa shape index (κ3) is 40.3. The number of aromatic amines is 1. The minimum Gasteiger partial charge on any atom is -0.449 e. The molecule has 5 atom stereocenters. The van der Waals surface area contributed by atoms with E-state index in [0.717, 1.165) is 70.6 Å². The van der Waals surface area contributed by atoms with Gasteiger partial charge in [0.15, 0.2) is 0 Å². The molecule has 0 bridgehead atoms. The summed E-state index contributed by atoms with van der Waals surface area (Å²) < 4.78 is 17.4. The fourth-order valence-corrected chi connectivity index (χ4v) is 13.7. The molecule has 506 valence electrons. The maximum Gasteiger partial charge on any atom is 0.407 e. The van der Waals surface area contributed by atoms with Crippen molar-refractivity contribution in [2.75, 3.05) is 38.2 Å². The summed E-state index contributed by atoms with van der Waals surface area (Å²) in [5.41, 5.74) is -0.104. The highest BCUT2D eigenvalue weighted by Crippen LogP contribution is 2.46. The molecular formula is C72H135N7O8. The number of nitrogens with one attached hydrogen (secondary N) is 6. The van der Waals surface area contributed by atoms with Crippen molar-refractivity contribution in [2.45, 2.75) is 351 Å². The van der Waals surface area contributed by atoms with E-state index >= 15 is 0 Å². The summed E-state index contributed by atoms with van der Waals surface area (Å²) >= 11 is 0. The molecular weight excluding hydrogens is 1090 g/mol. The van der Waals surface area contributed by atoms with Crippen molar-refractivity contribution in [2.24, 2.45) is 28.1 Å². The molecule has 5 unspecified atom stereocenters. The van der Waals surface area contributed by atoms with Gasteiger partial charge in [-0.15, -0.1) is 0 Å². The third-order valence-electron chi connectivity index (χ3n) is 18.3. The lowest BCUT2D eigenvalue weighted by molar-refractivity contribution is 0.0635. The number of aromatic nitrogens is 2. The van der Waals surface area contributed by atoms with Crippen molar-refractivity contribution in [1.82, 2.24) is 31.2 Å². The van der Waals surface area contributed by atoms with Gasteiger partial charge in [-0.25, -0.2) is 24.2 Å². The Kier molecular flexibility index (Phi) is 43.5. The lowest BCUT2D eigenvalue weighted by Gasteiger charge is -2.46. The predicted molar refractivity (Wildman–Crippen MR) is 362 cm³/mol. The fraction of sp³-hybridized carbons (Fsp3) is 0.889. The summed E-state index contributed by atoms with van der Waals surface area (Å²) in [4.78, 5) is 73.0. The van der Waals surface area contributed by atoms with Crippen LogP contribution < -0.4 is 32.1 Å². The number of hydrogen-bond donors (Lipinski definition) is 6. The van der Waals surface area contributed by atoms with Crippen molar-refractivity contribution >= 4 is 30.3 Å². The molecule has 0 aromatic carbocycles. The summed E-state index contributed by atoms with van der Waals surface area (Å²) in [7, 11) is 0. The Labute approximate surface area is 532 Å². The zero-order valence-electron chi connectivity index (χ0n) is 58.0. The van der Waals surface area contributed by atoms with Gasteiger partial charge in [0, 0.05) is 37.2 Å². The van der Waals surface area contributed by atoms with Crippen LogP contribution >= 0.6 is 0 Å². The normalized spacial score (nSPS) is 16.8. The third-order valence-corrected chi connectivity index (χ3v) is 18.3. The molecule has 0 saturated heterocycles. The van der Waals surface area contributed by atoms with Gasteiger partial charge in [0.05, 0.1) is 25.5 Å². The molecule has 15 heteroatoms. The Balaban J connectivity index is 1.80. The first-order valence-electron chi connectivity index (χ1n) is 36.2. The van der Waals surface area contributed by atoms with E-state index in [1.807, 2.05) is 0 Å². The lowest BCUT2D eigenvalue weighted by Crippen LogP contribution is -2.51. The zero-order chi connectivity index (χ0) is 64.0. The van der Waals surface area contributed by atoms with Crippen LogP contribution in [0.2, 0.25) is 0 Å². The first-order chi connectivity index (χ1) is 41.8. The van der Waals surface area contributed by atoms with Gasteiger partial charge in [0.1, 0.15) is 0 Å². The Morgan fingerprint density at radius 2 is 1.06 bits per heavy atom. The largest absolute Gasteiger partial charge is 0.449 e. The SMILES string of the molecule is CCCCCCCCCCC(CCCCCCCC)COC(=O)NC(CCC)CC(C)(C)CCCNC(=O)OCCc1c(C)nc(NC(=O)NCC2(C)CC(NC(=O)OCC(CCCCCCCC)CCCCCCCCCC)CC(C)(C)C2)[nH]c1=O. The number of unbranched alkanes of at least 4 members (excludes halogenated alkanes) is 24. The van der Waals surface area contributed by atoms with Gasteiger partial charge in [0.25, 0.3) is 5.56 Å². The maximum atomic E-state index is 13.4. The van der Waals surface area contributed by atoms with Crippen molar-refractivity contribution in [1.29, 1.82) is 0 Å². The van der Waals surface area contributed by atoms with Gasteiger partial charge in [0.2, 0.25) is 5.95 Å². The number of aryl methyl sites for hydroxylation is 1. The van der Waals surface area contributed by atoms with Crippen LogP contribution in [-0.2, 0) is 20.6 Å². The first-order valence-corrected chi connectivity index (χ1v) is 36.2. The number of H-pyrrole nitrogens is 1. The summed E-state index contributed by atoms with van der Waals surface area (Å²) in [5, 5.41) is 15.0. The molecule has 5 amide bonds. The number of rotatable bonds is 52. The highest BCUT2D eigenvalue weighted by Gasteiger charge is 2.42. The van der Waals surface area contributed by atoms with Gasteiger partial charge in [-0.1, -0.05) is 255 Å². The monoisotopic (exact) mass is 1230 g/mol. The van der Waals surface area contributed by atoms with Crippen LogP contribution in [0.15, 0.2) is 4.79 Å². The fourth-order valence-electron chi connectivity index (χ4n) is 13.7. The van der Waals surface area contributed by atoms with E-state index in [1.54, 1.807) is 6.92 Å². The van der Waals surface area contributed by atoms with Crippen LogP contribution in [0.1, 0.15) is 337 Å². The summed E-state index contributed by atoms with van der Waals surface area (Å²) in [6.07, 6.45) is 45.8. The van der Waals surface area contributed by atoms with E-state index in [4.69, 9.17) is 14.2 Å². The van der Waals surface area contributed by atoms with Crippen LogP contribution in [0.25, 0.3) is 0 Å². The highest BCUT2D eigenvalue weighted by molar-refractivity contribution is 5.87. The number of urea groups is 1. The molecule has 1 saturated carbocycles. The Morgan fingerprint density at radius 3 is 1.53 bits per heavy atom. The predicted octanol–water partition coefficient (Wildman–Crippen LogP) is 19.7. The van der Waals surface area contributed by atoms with E-state index in [0.29, 0.717) is 55.8 Å². The zero-order valence-corrected chi connectivity index (χ0v) is 58.0. The van der Waals surface area contributed by atoms with Crippen molar-refractivity contribution < 1.29 is 33.4 Å². The lowest BCUT2D eigenvalue weighted by atomic mass is 9.62. The van der Waals surface area contributed by atoms with Crippen LogP contribution in [0, 0.1) is 35.0 Å². The highest BCUT2D eigenvalue weighted by atomic mass is 16.6. The first kappa shape index (κ1) is 79.1. The number of ether oxygens (including phenoxy) is 3. The molecule has 87 heavy (non-hydrogen) atoms. The Hall–Kier alpha value is -4.04. The van der Waals surface area contributed by atoms with E-state index in [2.05, 4.69) is 106 Å². The van der Waals surface area contributed by atoms with E-state index in [1.165, 1.54) is 180 Å². The number of carbonyl (C=O) groups excluding carboxylic acids is 4. The number of nitrogens with zero attached hydrogens (tertiary/aromatic N) is 1. The summed E-state index contributed by atoms with van der Waals surface area (Å²) in [6, 6.07) is -0.592. The smallest absolute Gasteiger partial charge is 0.407 e. The van der Waals surface area contributed by atoms with E-state index < -0.39 is 17.7 Å². The second kappa shape index (κ2) is 47.8. The molecule has 6 N–H and O–H groups in total. The van der Waals surface area contributed by atoms with Crippen LogP contribution in [0.4, 0.5) is 25.1 Å². The second-order valence-electron chi connectivity index (χ2n) is 28.7. The molecule has 1 heterocycles. The van der Waals surface area contributed by atoms with Crippen LogP contribution in [-0.4, -0.2) is 79.3 Å². The molecule has 1 aliphatic rings. The van der Waals surface area contributed by atoms with Crippen molar-refractivity contribution in [3.8, 4) is 0 Å². The minimum atomic E-state index is -0.556. The van der Waals surface area contributed by atoms with Gasteiger partial charge in [-0.2, -0.15) is 0 Å². The topological polar surface area (TPSA) is 202 Å². The number of amides is 5. The molecule has 15 nitrogen and oxygen atoms in total. The second-order valence-corrected chi connectivity index (χ2v) is 28.7. The maximum absolute atomic E-state index is 13.4. The molecule has 1 aromatic heterocycles. The van der Waals surface area contributed by atoms with Crippen molar-refractivity contribution in [3.63, 3.8) is 0 Å². The number of anilines is 1.